The minimum absolute atomic E-state index is 0.0475. The summed E-state index contributed by atoms with van der Waals surface area (Å²) in [6.45, 7) is 1.88. The first-order chi connectivity index (χ1) is 5.42. The van der Waals surface area contributed by atoms with E-state index in [0.29, 0.717) is 0 Å². The third-order valence-electron chi connectivity index (χ3n) is 2.04. The molecule has 2 heterocycles. The molecule has 0 bridgehead atoms. The Labute approximate surface area is 64.6 Å². The second-order valence-electron chi connectivity index (χ2n) is 2.71. The van der Waals surface area contributed by atoms with Crippen LogP contribution in [0.1, 0.15) is 17.0 Å². The van der Waals surface area contributed by atoms with E-state index in [0.717, 1.165) is 30.9 Å². The lowest BCUT2D eigenvalue weighted by molar-refractivity contribution is 0.275. The van der Waals surface area contributed by atoms with Crippen LogP contribution in [0.5, 0.6) is 0 Å². The summed E-state index contributed by atoms with van der Waals surface area (Å²) in [4.78, 5) is 0. The van der Waals surface area contributed by atoms with Gasteiger partial charge in [0.25, 0.3) is 0 Å². The van der Waals surface area contributed by atoms with E-state index in [1.165, 1.54) is 5.56 Å². The summed E-state index contributed by atoms with van der Waals surface area (Å²) in [7, 11) is 0. The molecular formula is C7H11N3O. The van der Waals surface area contributed by atoms with Gasteiger partial charge in [-0.1, -0.05) is 0 Å². The molecule has 60 valence electrons. The molecule has 0 atom stereocenters. The smallest absolute Gasteiger partial charge is 0.0912 e. The van der Waals surface area contributed by atoms with Gasteiger partial charge < -0.3 is 10.4 Å². The molecule has 0 unspecified atom stereocenters. The Morgan fingerprint density at radius 2 is 2.45 bits per heavy atom. The Morgan fingerprint density at radius 1 is 1.55 bits per heavy atom. The molecule has 0 radical (unpaired) electrons. The summed E-state index contributed by atoms with van der Waals surface area (Å²) >= 11 is 0. The van der Waals surface area contributed by atoms with Crippen LogP contribution in [0.4, 0.5) is 0 Å². The number of aliphatic hydroxyl groups is 1. The lowest BCUT2D eigenvalue weighted by Gasteiger charge is -2.11. The zero-order chi connectivity index (χ0) is 7.68. The van der Waals surface area contributed by atoms with Gasteiger partial charge in [-0.05, 0) is 13.0 Å². The first kappa shape index (κ1) is 6.82. The quantitative estimate of drug-likeness (QED) is 0.512. The zero-order valence-electron chi connectivity index (χ0n) is 6.22. The van der Waals surface area contributed by atoms with Crippen molar-refractivity contribution in [2.24, 2.45) is 0 Å². The number of nitrogens with one attached hydrogen (secondary N) is 2. The Hall–Kier alpha value is -0.870. The lowest BCUT2D eigenvalue weighted by atomic mass is 10.1. The van der Waals surface area contributed by atoms with Crippen LogP contribution in [0.3, 0.4) is 0 Å². The van der Waals surface area contributed by atoms with Crippen LogP contribution in [0.25, 0.3) is 0 Å². The number of aromatic amines is 1. The molecule has 1 aliphatic heterocycles. The molecular weight excluding hydrogens is 142 g/mol. The van der Waals surface area contributed by atoms with Crippen LogP contribution in [-0.2, 0) is 19.6 Å². The standard InChI is InChI=1S/C7H11N3O/c11-4-7-5-1-2-8-3-6(5)9-10-7/h8,11H,1-4H2,(H,9,10). The summed E-state index contributed by atoms with van der Waals surface area (Å²) in [6.07, 6.45) is 0.974. The topological polar surface area (TPSA) is 60.9 Å². The fraction of sp³-hybridized carbons (Fsp3) is 0.571. The van der Waals surface area contributed by atoms with Gasteiger partial charge in [-0.25, -0.2) is 0 Å². The van der Waals surface area contributed by atoms with Gasteiger partial charge in [0, 0.05) is 12.1 Å². The highest BCUT2D eigenvalue weighted by atomic mass is 16.3. The molecule has 0 spiro atoms. The second-order valence-corrected chi connectivity index (χ2v) is 2.71. The van der Waals surface area contributed by atoms with Crippen molar-refractivity contribution < 1.29 is 5.11 Å². The van der Waals surface area contributed by atoms with Crippen LogP contribution in [0.15, 0.2) is 0 Å². The third kappa shape index (κ3) is 1.04. The molecule has 3 N–H and O–H groups in total. The molecule has 11 heavy (non-hydrogen) atoms. The van der Waals surface area contributed by atoms with Gasteiger partial charge in [0.2, 0.25) is 0 Å². The summed E-state index contributed by atoms with van der Waals surface area (Å²) in [5, 5.41) is 19.0. The van der Waals surface area contributed by atoms with Crippen molar-refractivity contribution in [3.63, 3.8) is 0 Å². The number of aromatic nitrogens is 2. The summed E-state index contributed by atoms with van der Waals surface area (Å²) in [5.74, 6) is 0. The maximum absolute atomic E-state index is 8.88. The molecule has 4 heteroatoms. The normalized spacial score (nSPS) is 16.5. The average molecular weight is 153 g/mol. The largest absolute Gasteiger partial charge is 0.390 e. The number of H-pyrrole nitrogens is 1. The van der Waals surface area contributed by atoms with Crippen molar-refractivity contribution in [2.75, 3.05) is 6.54 Å². The summed E-state index contributed by atoms with van der Waals surface area (Å²) in [5.41, 5.74) is 3.13. The van der Waals surface area contributed by atoms with Gasteiger partial charge in [0.05, 0.1) is 18.0 Å². The van der Waals surface area contributed by atoms with Gasteiger partial charge in [-0.3, -0.25) is 5.10 Å². The van der Waals surface area contributed by atoms with Crippen molar-refractivity contribution in [2.45, 2.75) is 19.6 Å². The SMILES string of the molecule is OCc1n[nH]c2c1CCNC2. The molecule has 4 nitrogen and oxygen atoms in total. The van der Waals surface area contributed by atoms with Crippen LogP contribution in [0, 0.1) is 0 Å². The van der Waals surface area contributed by atoms with Crippen molar-refractivity contribution in [1.82, 2.24) is 15.5 Å². The number of hydrogen-bond acceptors (Lipinski definition) is 3. The van der Waals surface area contributed by atoms with Crippen molar-refractivity contribution in [3.8, 4) is 0 Å². The van der Waals surface area contributed by atoms with Crippen molar-refractivity contribution >= 4 is 0 Å². The Kier molecular flexibility index (Phi) is 1.63. The fourth-order valence-electron chi connectivity index (χ4n) is 1.44. The highest BCUT2D eigenvalue weighted by molar-refractivity contribution is 5.26. The van der Waals surface area contributed by atoms with Crippen molar-refractivity contribution in [3.05, 3.63) is 17.0 Å². The highest BCUT2D eigenvalue weighted by Gasteiger charge is 2.14. The van der Waals surface area contributed by atoms with Crippen LogP contribution < -0.4 is 5.32 Å². The molecule has 1 aromatic heterocycles. The van der Waals surface area contributed by atoms with Gasteiger partial charge in [0.1, 0.15) is 0 Å². The minimum atomic E-state index is 0.0475. The molecule has 0 fully saturated rings. The van der Waals surface area contributed by atoms with Gasteiger partial charge >= 0.3 is 0 Å². The van der Waals surface area contributed by atoms with Crippen LogP contribution in [0.2, 0.25) is 0 Å². The molecule has 0 aliphatic carbocycles. The average Bonchev–Trinajstić information content (AvgIpc) is 2.47. The highest BCUT2D eigenvalue weighted by Crippen LogP contribution is 2.14. The van der Waals surface area contributed by atoms with E-state index in [1.807, 2.05) is 0 Å². The summed E-state index contributed by atoms with van der Waals surface area (Å²) < 4.78 is 0. The Balaban J connectivity index is 2.38. The maximum atomic E-state index is 8.88. The molecule has 0 saturated heterocycles. The molecule has 0 amide bonds. The van der Waals surface area contributed by atoms with Crippen LogP contribution >= 0.6 is 0 Å². The van der Waals surface area contributed by atoms with Crippen molar-refractivity contribution in [1.29, 1.82) is 0 Å². The van der Waals surface area contributed by atoms with Gasteiger partial charge in [-0.2, -0.15) is 5.10 Å². The molecule has 2 rings (SSSR count). The van der Waals surface area contributed by atoms with E-state index in [-0.39, 0.29) is 6.61 Å². The fourth-order valence-corrected chi connectivity index (χ4v) is 1.44. The summed E-state index contributed by atoms with van der Waals surface area (Å²) in [6, 6.07) is 0. The number of fused-ring (bicyclic) bond motifs is 1. The monoisotopic (exact) mass is 153 g/mol. The Bertz CT molecular complexity index is 243. The van der Waals surface area contributed by atoms with E-state index < -0.39 is 0 Å². The second kappa shape index (κ2) is 2.64. The third-order valence-corrected chi connectivity index (χ3v) is 2.04. The number of aliphatic hydroxyl groups excluding tert-OH is 1. The van der Waals surface area contributed by atoms with Gasteiger partial charge in [-0.15, -0.1) is 0 Å². The number of rotatable bonds is 1. The van der Waals surface area contributed by atoms with E-state index in [1.54, 1.807) is 0 Å². The van der Waals surface area contributed by atoms with E-state index in [9.17, 15) is 0 Å². The Morgan fingerprint density at radius 3 is 3.27 bits per heavy atom. The van der Waals surface area contributed by atoms with E-state index >= 15 is 0 Å². The number of nitrogens with zero attached hydrogens (tertiary/aromatic N) is 1. The van der Waals surface area contributed by atoms with Crippen LogP contribution in [-0.4, -0.2) is 21.8 Å². The van der Waals surface area contributed by atoms with Gasteiger partial charge in [0.15, 0.2) is 0 Å². The molecule has 1 aliphatic rings. The predicted octanol–water partition coefficient (Wildman–Crippen LogP) is -0.452. The molecule has 1 aromatic rings. The molecule has 0 aromatic carbocycles. The van der Waals surface area contributed by atoms with E-state index in [2.05, 4.69) is 15.5 Å². The lowest BCUT2D eigenvalue weighted by Crippen LogP contribution is -2.23. The first-order valence-electron chi connectivity index (χ1n) is 3.78. The first-order valence-corrected chi connectivity index (χ1v) is 3.78. The predicted molar refractivity (Wildman–Crippen MR) is 39.9 cm³/mol. The zero-order valence-corrected chi connectivity index (χ0v) is 6.22. The molecule has 0 saturated carbocycles. The van der Waals surface area contributed by atoms with E-state index in [4.69, 9.17) is 5.11 Å². The maximum Gasteiger partial charge on any atom is 0.0912 e. The number of hydrogen-bond donors (Lipinski definition) is 3. The minimum Gasteiger partial charge on any atom is -0.390 e.